The van der Waals surface area contributed by atoms with Crippen LogP contribution >= 0.6 is 11.3 Å². The predicted molar refractivity (Wildman–Crippen MR) is 99.0 cm³/mol. The largest absolute Gasteiger partial charge is 0.494 e. The molecule has 0 aliphatic carbocycles. The van der Waals surface area contributed by atoms with Crippen molar-refractivity contribution in [2.45, 2.75) is 6.42 Å². The molecule has 0 atom stereocenters. The van der Waals surface area contributed by atoms with Gasteiger partial charge in [-0.05, 0) is 35.9 Å². The van der Waals surface area contributed by atoms with Crippen molar-refractivity contribution in [1.82, 2.24) is 4.98 Å². The fourth-order valence-electron chi connectivity index (χ4n) is 2.69. The van der Waals surface area contributed by atoms with Gasteiger partial charge in [0.25, 0.3) is 0 Å². The lowest BCUT2D eigenvalue weighted by atomic mass is 10.1. The van der Waals surface area contributed by atoms with E-state index in [2.05, 4.69) is 10.3 Å². The summed E-state index contributed by atoms with van der Waals surface area (Å²) < 4.78 is 29.3. The highest BCUT2D eigenvalue weighted by Crippen LogP contribution is 2.36. The fraction of sp³-hybridized carbons (Fsp3) is 0.158. The van der Waals surface area contributed by atoms with Crippen LogP contribution in [0.25, 0.3) is 11.3 Å². The second-order valence-corrected chi connectivity index (χ2v) is 6.66. The highest BCUT2D eigenvalue weighted by atomic mass is 32.1. The number of hydrogen-bond donors (Lipinski definition) is 1. The molecule has 27 heavy (non-hydrogen) atoms. The molecule has 6 nitrogen and oxygen atoms in total. The number of amides is 1. The third-order valence-electron chi connectivity index (χ3n) is 4.00. The first kappa shape index (κ1) is 17.3. The van der Waals surface area contributed by atoms with E-state index in [4.69, 9.17) is 14.2 Å². The molecule has 0 fully saturated rings. The van der Waals surface area contributed by atoms with Crippen LogP contribution in [0.5, 0.6) is 17.2 Å². The number of thiazole rings is 1. The minimum Gasteiger partial charge on any atom is -0.494 e. The van der Waals surface area contributed by atoms with E-state index < -0.39 is 5.82 Å². The zero-order chi connectivity index (χ0) is 18.8. The summed E-state index contributed by atoms with van der Waals surface area (Å²) in [4.78, 5) is 16.6. The van der Waals surface area contributed by atoms with Crippen LogP contribution in [0.4, 0.5) is 9.52 Å². The van der Waals surface area contributed by atoms with Crippen molar-refractivity contribution < 1.29 is 23.4 Å². The second-order valence-electron chi connectivity index (χ2n) is 5.80. The van der Waals surface area contributed by atoms with Crippen molar-refractivity contribution in [3.8, 4) is 28.5 Å². The van der Waals surface area contributed by atoms with E-state index in [1.165, 1.54) is 30.6 Å². The summed E-state index contributed by atoms with van der Waals surface area (Å²) in [7, 11) is 1.39. The maximum atomic E-state index is 13.7. The SMILES string of the molecule is COc1ccc(CC(=O)Nc2nc(-c3ccc4c(c3)OCO4)cs2)cc1F. The first-order valence-electron chi connectivity index (χ1n) is 8.10. The van der Waals surface area contributed by atoms with E-state index in [0.29, 0.717) is 22.2 Å². The third kappa shape index (κ3) is 3.70. The van der Waals surface area contributed by atoms with E-state index >= 15 is 0 Å². The van der Waals surface area contributed by atoms with Crippen molar-refractivity contribution in [3.63, 3.8) is 0 Å². The van der Waals surface area contributed by atoms with Gasteiger partial charge in [0, 0.05) is 10.9 Å². The number of fused-ring (bicyclic) bond motifs is 1. The molecule has 2 heterocycles. The number of halogens is 1. The fourth-order valence-corrected chi connectivity index (χ4v) is 3.42. The summed E-state index contributed by atoms with van der Waals surface area (Å²) in [6, 6.07) is 10.0. The molecular formula is C19H15FN2O4S. The Morgan fingerprint density at radius 3 is 2.93 bits per heavy atom. The van der Waals surface area contributed by atoms with E-state index in [1.807, 2.05) is 23.6 Å². The van der Waals surface area contributed by atoms with Crippen LogP contribution < -0.4 is 19.5 Å². The Hall–Kier alpha value is -3.13. The minimum absolute atomic E-state index is 0.0415. The summed E-state index contributed by atoms with van der Waals surface area (Å²) in [5, 5.41) is 5.06. The Bertz CT molecular complexity index is 1010. The number of methoxy groups -OCH3 is 1. The van der Waals surface area contributed by atoms with Gasteiger partial charge in [-0.3, -0.25) is 4.79 Å². The molecular weight excluding hydrogens is 371 g/mol. The van der Waals surface area contributed by atoms with Crippen molar-refractivity contribution in [2.24, 2.45) is 0 Å². The zero-order valence-electron chi connectivity index (χ0n) is 14.3. The monoisotopic (exact) mass is 386 g/mol. The van der Waals surface area contributed by atoms with Gasteiger partial charge in [-0.15, -0.1) is 11.3 Å². The molecule has 3 aromatic rings. The first-order valence-corrected chi connectivity index (χ1v) is 8.98. The lowest BCUT2D eigenvalue weighted by molar-refractivity contribution is -0.115. The van der Waals surface area contributed by atoms with Gasteiger partial charge in [-0.1, -0.05) is 6.07 Å². The Morgan fingerprint density at radius 2 is 2.11 bits per heavy atom. The van der Waals surface area contributed by atoms with E-state index in [9.17, 15) is 9.18 Å². The van der Waals surface area contributed by atoms with Crippen LogP contribution in [0.3, 0.4) is 0 Å². The number of carbonyl (C=O) groups is 1. The van der Waals surface area contributed by atoms with Gasteiger partial charge >= 0.3 is 0 Å². The standard InChI is InChI=1S/C19H15FN2O4S/c1-24-15-4-2-11(6-13(15)20)7-18(23)22-19-21-14(9-27-19)12-3-5-16-17(8-12)26-10-25-16/h2-6,8-9H,7,10H2,1H3,(H,21,22,23). The van der Waals surface area contributed by atoms with Gasteiger partial charge < -0.3 is 19.5 Å². The minimum atomic E-state index is -0.498. The number of nitrogens with one attached hydrogen (secondary N) is 1. The molecule has 4 rings (SSSR count). The summed E-state index contributed by atoms with van der Waals surface area (Å²) in [6.07, 6.45) is 0.0415. The van der Waals surface area contributed by atoms with Crippen LogP contribution in [0.15, 0.2) is 41.8 Å². The molecule has 1 N–H and O–H groups in total. The quantitative estimate of drug-likeness (QED) is 0.721. The van der Waals surface area contributed by atoms with Crippen LogP contribution in [-0.2, 0) is 11.2 Å². The van der Waals surface area contributed by atoms with Crippen LogP contribution in [0.2, 0.25) is 0 Å². The van der Waals surface area contributed by atoms with Gasteiger partial charge in [0.05, 0.1) is 19.2 Å². The molecule has 1 amide bonds. The van der Waals surface area contributed by atoms with Crippen molar-refractivity contribution >= 4 is 22.4 Å². The average molecular weight is 386 g/mol. The molecule has 0 unspecified atom stereocenters. The molecule has 0 spiro atoms. The highest BCUT2D eigenvalue weighted by molar-refractivity contribution is 7.14. The molecule has 8 heteroatoms. The van der Waals surface area contributed by atoms with Crippen molar-refractivity contribution in [3.05, 3.63) is 53.2 Å². The summed E-state index contributed by atoms with van der Waals surface area (Å²) in [5.74, 6) is 0.752. The number of hydrogen-bond acceptors (Lipinski definition) is 6. The predicted octanol–water partition coefficient (Wildman–Crippen LogP) is 3.87. The van der Waals surface area contributed by atoms with Crippen molar-refractivity contribution in [2.75, 3.05) is 19.2 Å². The Kier molecular flexibility index (Phi) is 4.64. The number of anilines is 1. The van der Waals surface area contributed by atoms with Gasteiger partial charge in [-0.25, -0.2) is 9.37 Å². The topological polar surface area (TPSA) is 69.7 Å². The van der Waals surface area contributed by atoms with E-state index in [1.54, 1.807) is 6.07 Å². The van der Waals surface area contributed by atoms with Gasteiger partial charge in [-0.2, -0.15) is 0 Å². The van der Waals surface area contributed by atoms with Crippen molar-refractivity contribution in [1.29, 1.82) is 0 Å². The Morgan fingerprint density at radius 1 is 1.26 bits per heavy atom. The molecule has 138 valence electrons. The first-order chi connectivity index (χ1) is 13.1. The average Bonchev–Trinajstić information content (AvgIpc) is 3.30. The Balaban J connectivity index is 1.43. The van der Waals surface area contributed by atoms with Gasteiger partial charge in [0.2, 0.25) is 12.7 Å². The number of ether oxygens (including phenoxy) is 3. The lowest BCUT2D eigenvalue weighted by Gasteiger charge is -2.05. The van der Waals surface area contributed by atoms with Crippen LogP contribution in [-0.4, -0.2) is 24.8 Å². The van der Waals surface area contributed by atoms with Crippen LogP contribution in [0, 0.1) is 5.82 Å². The van der Waals surface area contributed by atoms with E-state index in [-0.39, 0.29) is 24.9 Å². The van der Waals surface area contributed by atoms with Gasteiger partial charge in [0.1, 0.15) is 0 Å². The number of benzene rings is 2. The summed E-state index contributed by atoms with van der Waals surface area (Å²) >= 11 is 1.32. The normalized spacial score (nSPS) is 12.1. The van der Waals surface area contributed by atoms with Crippen LogP contribution in [0.1, 0.15) is 5.56 Å². The molecule has 0 bridgehead atoms. The zero-order valence-corrected chi connectivity index (χ0v) is 15.1. The van der Waals surface area contributed by atoms with E-state index in [0.717, 1.165) is 11.3 Å². The number of aromatic nitrogens is 1. The summed E-state index contributed by atoms with van der Waals surface area (Å²) in [5.41, 5.74) is 2.15. The van der Waals surface area contributed by atoms with Gasteiger partial charge in [0.15, 0.2) is 28.2 Å². The highest BCUT2D eigenvalue weighted by Gasteiger charge is 2.16. The number of rotatable bonds is 5. The molecule has 1 aliphatic rings. The third-order valence-corrected chi connectivity index (χ3v) is 4.76. The Labute approximate surface area is 158 Å². The molecule has 1 aliphatic heterocycles. The molecule has 0 saturated heterocycles. The number of nitrogens with zero attached hydrogens (tertiary/aromatic N) is 1. The molecule has 1 aromatic heterocycles. The smallest absolute Gasteiger partial charge is 0.231 e. The molecule has 2 aromatic carbocycles. The maximum Gasteiger partial charge on any atom is 0.231 e. The lowest BCUT2D eigenvalue weighted by Crippen LogP contribution is -2.14. The molecule has 0 saturated carbocycles. The maximum absolute atomic E-state index is 13.7. The second kappa shape index (κ2) is 7.24. The molecule has 0 radical (unpaired) electrons. The summed E-state index contributed by atoms with van der Waals surface area (Å²) in [6.45, 7) is 0.211. The number of carbonyl (C=O) groups excluding carboxylic acids is 1.